The molecule has 0 saturated carbocycles. The monoisotopic (exact) mass is 280 g/mol. The molecule has 0 radical (unpaired) electrons. The fourth-order valence-electron chi connectivity index (χ4n) is 2.89. The van der Waals surface area contributed by atoms with Gasteiger partial charge in [0.2, 0.25) is 0 Å². The molecule has 112 valence electrons. The highest BCUT2D eigenvalue weighted by Gasteiger charge is 2.27. The lowest BCUT2D eigenvalue weighted by molar-refractivity contribution is 0.163. The third-order valence-electron chi connectivity index (χ3n) is 3.84. The molecular formula is C15H24N2O3. The molecule has 2 N–H and O–H groups in total. The van der Waals surface area contributed by atoms with Gasteiger partial charge in [0.25, 0.3) is 0 Å². The van der Waals surface area contributed by atoms with Crippen molar-refractivity contribution < 1.29 is 14.6 Å². The smallest absolute Gasteiger partial charge is 0.131 e. The van der Waals surface area contributed by atoms with Crippen LogP contribution in [0, 0.1) is 0 Å². The maximum atomic E-state index is 9.76. The van der Waals surface area contributed by atoms with Gasteiger partial charge in [-0.3, -0.25) is 4.90 Å². The lowest BCUT2D eigenvalue weighted by atomic mass is 9.99. The molecule has 0 unspecified atom stereocenters. The van der Waals surface area contributed by atoms with Gasteiger partial charge < -0.3 is 19.9 Å². The molecule has 1 saturated heterocycles. The average molecular weight is 280 g/mol. The summed E-state index contributed by atoms with van der Waals surface area (Å²) < 4.78 is 10.9. The topological polar surface area (TPSA) is 54.0 Å². The molecule has 1 atom stereocenters. The summed E-state index contributed by atoms with van der Waals surface area (Å²) in [5.74, 6) is 1.54. The Morgan fingerprint density at radius 1 is 1.20 bits per heavy atom. The number of hydrogen-bond acceptors (Lipinski definition) is 5. The van der Waals surface area contributed by atoms with E-state index in [2.05, 4.69) is 17.1 Å². The zero-order chi connectivity index (χ0) is 14.5. The number of nitrogens with zero attached hydrogens (tertiary/aromatic N) is 1. The SMILES string of the molecule is CC[C@@H](c1c(OC)cc(O)cc1OC)N1CCNCC1. The summed E-state index contributed by atoms with van der Waals surface area (Å²) in [6.45, 7) is 6.17. The molecule has 5 nitrogen and oxygen atoms in total. The van der Waals surface area contributed by atoms with Crippen LogP contribution in [0.15, 0.2) is 12.1 Å². The first kappa shape index (κ1) is 14.9. The van der Waals surface area contributed by atoms with Gasteiger partial charge in [0.15, 0.2) is 0 Å². The minimum absolute atomic E-state index is 0.164. The van der Waals surface area contributed by atoms with E-state index in [0.29, 0.717) is 11.5 Å². The van der Waals surface area contributed by atoms with Crippen LogP contribution in [0.25, 0.3) is 0 Å². The summed E-state index contributed by atoms with van der Waals surface area (Å²) in [6, 6.07) is 3.55. The number of phenolic OH excluding ortho intramolecular Hbond substituents is 1. The Balaban J connectivity index is 2.41. The molecular weight excluding hydrogens is 256 g/mol. The van der Waals surface area contributed by atoms with Gasteiger partial charge in [0.1, 0.15) is 17.2 Å². The van der Waals surface area contributed by atoms with Crippen molar-refractivity contribution in [3.63, 3.8) is 0 Å². The van der Waals surface area contributed by atoms with Gasteiger partial charge in [0, 0.05) is 44.4 Å². The molecule has 1 aliphatic rings. The largest absolute Gasteiger partial charge is 0.508 e. The summed E-state index contributed by atoms with van der Waals surface area (Å²) in [7, 11) is 3.25. The molecule has 1 aromatic rings. The Bertz CT molecular complexity index is 420. The van der Waals surface area contributed by atoms with Crippen molar-refractivity contribution in [3.05, 3.63) is 17.7 Å². The van der Waals surface area contributed by atoms with E-state index in [1.165, 1.54) is 0 Å². The van der Waals surface area contributed by atoms with Gasteiger partial charge in [0.05, 0.1) is 19.8 Å². The summed E-state index contributed by atoms with van der Waals surface area (Å²) in [6.07, 6.45) is 0.970. The van der Waals surface area contributed by atoms with Gasteiger partial charge in [-0.25, -0.2) is 0 Å². The minimum Gasteiger partial charge on any atom is -0.508 e. The lowest BCUT2D eigenvalue weighted by Crippen LogP contribution is -2.45. The number of phenols is 1. The van der Waals surface area contributed by atoms with Crippen LogP contribution in [0.3, 0.4) is 0 Å². The minimum atomic E-state index is 0.164. The first-order valence-corrected chi connectivity index (χ1v) is 7.10. The second-order valence-electron chi connectivity index (χ2n) is 4.97. The summed E-state index contributed by atoms with van der Waals surface area (Å²) >= 11 is 0. The van der Waals surface area contributed by atoms with Gasteiger partial charge >= 0.3 is 0 Å². The highest BCUT2D eigenvalue weighted by molar-refractivity contribution is 5.52. The molecule has 0 amide bonds. The molecule has 1 aromatic carbocycles. The van der Waals surface area contributed by atoms with Crippen LogP contribution < -0.4 is 14.8 Å². The van der Waals surface area contributed by atoms with Crippen molar-refractivity contribution in [1.82, 2.24) is 10.2 Å². The van der Waals surface area contributed by atoms with Crippen molar-refractivity contribution in [2.24, 2.45) is 0 Å². The van der Waals surface area contributed by atoms with E-state index in [-0.39, 0.29) is 11.8 Å². The van der Waals surface area contributed by atoms with Crippen LogP contribution >= 0.6 is 0 Å². The lowest BCUT2D eigenvalue weighted by Gasteiger charge is -2.35. The van der Waals surface area contributed by atoms with E-state index in [0.717, 1.165) is 38.2 Å². The van der Waals surface area contributed by atoms with Crippen LogP contribution in [-0.2, 0) is 0 Å². The highest BCUT2D eigenvalue weighted by Crippen LogP contribution is 2.41. The number of methoxy groups -OCH3 is 2. The van der Waals surface area contributed by atoms with Gasteiger partial charge in [-0.2, -0.15) is 0 Å². The van der Waals surface area contributed by atoms with Crippen molar-refractivity contribution in [2.45, 2.75) is 19.4 Å². The molecule has 1 fully saturated rings. The molecule has 0 aliphatic carbocycles. The number of nitrogens with one attached hydrogen (secondary N) is 1. The molecule has 0 spiro atoms. The molecule has 1 heterocycles. The van der Waals surface area contributed by atoms with Crippen molar-refractivity contribution in [1.29, 1.82) is 0 Å². The van der Waals surface area contributed by atoms with Crippen LogP contribution in [0.1, 0.15) is 24.9 Å². The fraction of sp³-hybridized carbons (Fsp3) is 0.600. The molecule has 0 bridgehead atoms. The zero-order valence-corrected chi connectivity index (χ0v) is 12.5. The quantitative estimate of drug-likeness (QED) is 0.861. The predicted molar refractivity (Wildman–Crippen MR) is 78.7 cm³/mol. The maximum absolute atomic E-state index is 9.76. The zero-order valence-electron chi connectivity index (χ0n) is 12.5. The van der Waals surface area contributed by atoms with E-state index in [1.54, 1.807) is 26.4 Å². The van der Waals surface area contributed by atoms with E-state index >= 15 is 0 Å². The second kappa shape index (κ2) is 6.81. The third kappa shape index (κ3) is 2.99. The Morgan fingerprint density at radius 3 is 2.20 bits per heavy atom. The van der Waals surface area contributed by atoms with Crippen molar-refractivity contribution in [3.8, 4) is 17.2 Å². The Labute approximate surface area is 120 Å². The highest BCUT2D eigenvalue weighted by atomic mass is 16.5. The van der Waals surface area contributed by atoms with Gasteiger partial charge in [-0.1, -0.05) is 6.92 Å². The number of rotatable bonds is 5. The number of aromatic hydroxyl groups is 1. The first-order valence-electron chi connectivity index (χ1n) is 7.10. The van der Waals surface area contributed by atoms with Crippen LogP contribution in [0.4, 0.5) is 0 Å². The summed E-state index contributed by atoms with van der Waals surface area (Å²) in [4.78, 5) is 2.44. The summed E-state index contributed by atoms with van der Waals surface area (Å²) in [5, 5.41) is 13.1. The molecule has 2 rings (SSSR count). The van der Waals surface area contributed by atoms with Crippen LogP contribution in [0.5, 0.6) is 17.2 Å². The van der Waals surface area contributed by atoms with E-state index < -0.39 is 0 Å². The molecule has 5 heteroatoms. The fourth-order valence-corrected chi connectivity index (χ4v) is 2.89. The van der Waals surface area contributed by atoms with E-state index in [1.807, 2.05) is 0 Å². The first-order chi connectivity index (χ1) is 9.71. The van der Waals surface area contributed by atoms with E-state index in [9.17, 15) is 5.11 Å². The second-order valence-corrected chi connectivity index (χ2v) is 4.97. The molecule has 0 aromatic heterocycles. The number of ether oxygens (including phenoxy) is 2. The number of benzene rings is 1. The standard InChI is InChI=1S/C15H24N2O3/c1-4-12(17-7-5-16-6-8-17)15-13(19-2)9-11(18)10-14(15)20-3/h9-10,12,16,18H,4-8H2,1-3H3/t12-/m0/s1. The van der Waals surface area contributed by atoms with Crippen molar-refractivity contribution in [2.75, 3.05) is 40.4 Å². The van der Waals surface area contributed by atoms with Crippen LogP contribution in [-0.4, -0.2) is 50.4 Å². The number of piperazine rings is 1. The third-order valence-corrected chi connectivity index (χ3v) is 3.84. The Hall–Kier alpha value is -1.46. The number of hydrogen-bond donors (Lipinski definition) is 2. The predicted octanol–water partition coefficient (Wildman–Crippen LogP) is 1.77. The summed E-state index contributed by atoms with van der Waals surface area (Å²) in [5.41, 5.74) is 1.03. The molecule has 1 aliphatic heterocycles. The van der Waals surface area contributed by atoms with Crippen LogP contribution in [0.2, 0.25) is 0 Å². The maximum Gasteiger partial charge on any atom is 0.131 e. The van der Waals surface area contributed by atoms with E-state index in [4.69, 9.17) is 9.47 Å². The average Bonchev–Trinajstić information content (AvgIpc) is 2.49. The normalized spacial score (nSPS) is 17.8. The van der Waals surface area contributed by atoms with Crippen molar-refractivity contribution >= 4 is 0 Å². The Kier molecular flexibility index (Phi) is 5.09. The van der Waals surface area contributed by atoms with Gasteiger partial charge in [-0.05, 0) is 6.42 Å². The Morgan fingerprint density at radius 2 is 1.75 bits per heavy atom. The molecule has 20 heavy (non-hydrogen) atoms. The van der Waals surface area contributed by atoms with Gasteiger partial charge in [-0.15, -0.1) is 0 Å².